The third kappa shape index (κ3) is 2.44. The van der Waals surface area contributed by atoms with Crippen LogP contribution in [-0.2, 0) is 11.5 Å². The first-order valence-electron chi connectivity index (χ1n) is 7.86. The van der Waals surface area contributed by atoms with Gasteiger partial charge in [0.05, 0.1) is 12.4 Å². The van der Waals surface area contributed by atoms with Gasteiger partial charge in [-0.3, -0.25) is 0 Å². The van der Waals surface area contributed by atoms with E-state index in [2.05, 4.69) is 31.8 Å². The molecule has 1 fully saturated rings. The van der Waals surface area contributed by atoms with E-state index in [0.717, 1.165) is 18.3 Å². The number of hydrogen-bond donors (Lipinski definition) is 0. The van der Waals surface area contributed by atoms with Crippen molar-refractivity contribution in [3.63, 3.8) is 0 Å². The summed E-state index contributed by atoms with van der Waals surface area (Å²) in [6, 6.07) is 0. The summed E-state index contributed by atoms with van der Waals surface area (Å²) < 4.78 is 8.06. The Morgan fingerprint density at radius 1 is 1.45 bits per heavy atom. The SMILES string of the molecule is CC1CC=C2C[C@@H](OCn3ccnc3)CC[C@]2(C)C1C. The van der Waals surface area contributed by atoms with Gasteiger partial charge in [0.15, 0.2) is 0 Å². The highest BCUT2D eigenvalue weighted by Gasteiger charge is 2.43. The van der Waals surface area contributed by atoms with Crippen LogP contribution >= 0.6 is 0 Å². The zero-order valence-electron chi connectivity index (χ0n) is 12.9. The first kappa shape index (κ1) is 13.9. The fraction of sp³-hybridized carbons (Fsp3) is 0.706. The van der Waals surface area contributed by atoms with Crippen LogP contribution in [0.4, 0.5) is 0 Å². The van der Waals surface area contributed by atoms with Gasteiger partial charge in [-0.1, -0.05) is 32.4 Å². The molecule has 2 aliphatic carbocycles. The summed E-state index contributed by atoms with van der Waals surface area (Å²) in [4.78, 5) is 4.05. The molecule has 3 rings (SSSR count). The summed E-state index contributed by atoms with van der Waals surface area (Å²) >= 11 is 0. The molecule has 0 saturated heterocycles. The summed E-state index contributed by atoms with van der Waals surface area (Å²) in [5.41, 5.74) is 2.05. The van der Waals surface area contributed by atoms with E-state index in [1.54, 1.807) is 11.8 Å². The first-order chi connectivity index (χ1) is 9.59. The smallest absolute Gasteiger partial charge is 0.124 e. The number of imidazole rings is 1. The predicted molar refractivity (Wildman–Crippen MR) is 80.1 cm³/mol. The molecule has 0 spiro atoms. The van der Waals surface area contributed by atoms with Gasteiger partial charge >= 0.3 is 0 Å². The van der Waals surface area contributed by atoms with E-state index in [-0.39, 0.29) is 0 Å². The minimum absolute atomic E-state index is 0.373. The quantitative estimate of drug-likeness (QED) is 0.778. The molecule has 0 N–H and O–H groups in total. The van der Waals surface area contributed by atoms with Crippen LogP contribution < -0.4 is 0 Å². The molecule has 0 aliphatic heterocycles. The van der Waals surface area contributed by atoms with Crippen molar-refractivity contribution in [3.8, 4) is 0 Å². The molecule has 1 aromatic heterocycles. The number of rotatable bonds is 3. The molecule has 0 radical (unpaired) electrons. The molecule has 1 saturated carbocycles. The average Bonchev–Trinajstić information content (AvgIpc) is 2.96. The molecule has 4 atom stereocenters. The third-order valence-corrected chi connectivity index (χ3v) is 5.78. The standard InChI is InChI=1S/C17H26N2O/c1-13-4-5-15-10-16(6-7-17(15,3)14(13)2)20-12-19-9-8-18-11-19/h5,8-9,11,13-14,16H,4,6-7,10,12H2,1-3H3/t13?,14?,16-,17+/m0/s1. The second-order valence-corrected chi connectivity index (χ2v) is 6.89. The molecule has 1 heterocycles. The molecule has 110 valence electrons. The molecule has 1 aromatic rings. The van der Waals surface area contributed by atoms with Crippen molar-refractivity contribution in [2.75, 3.05) is 0 Å². The fourth-order valence-corrected chi connectivity index (χ4v) is 3.90. The fourth-order valence-electron chi connectivity index (χ4n) is 3.90. The van der Waals surface area contributed by atoms with Crippen molar-refractivity contribution in [3.05, 3.63) is 30.4 Å². The van der Waals surface area contributed by atoms with E-state index in [9.17, 15) is 0 Å². The van der Waals surface area contributed by atoms with Crippen LogP contribution in [0.1, 0.15) is 46.5 Å². The van der Waals surface area contributed by atoms with E-state index >= 15 is 0 Å². The summed E-state index contributed by atoms with van der Waals surface area (Å²) in [7, 11) is 0. The van der Waals surface area contributed by atoms with Gasteiger partial charge in [-0.2, -0.15) is 0 Å². The second kappa shape index (κ2) is 5.36. The molecule has 2 unspecified atom stereocenters. The van der Waals surface area contributed by atoms with Crippen molar-refractivity contribution >= 4 is 0 Å². The second-order valence-electron chi connectivity index (χ2n) is 6.89. The van der Waals surface area contributed by atoms with Crippen molar-refractivity contribution in [1.29, 1.82) is 0 Å². The Morgan fingerprint density at radius 3 is 3.05 bits per heavy atom. The van der Waals surface area contributed by atoms with Crippen LogP contribution in [0, 0.1) is 17.3 Å². The normalized spacial score (nSPS) is 37.4. The maximum absolute atomic E-state index is 6.07. The van der Waals surface area contributed by atoms with Gasteiger partial charge < -0.3 is 9.30 Å². The van der Waals surface area contributed by atoms with E-state index in [0.29, 0.717) is 18.2 Å². The molecule has 0 aromatic carbocycles. The number of hydrogen-bond acceptors (Lipinski definition) is 2. The monoisotopic (exact) mass is 274 g/mol. The van der Waals surface area contributed by atoms with Crippen LogP contribution in [0.15, 0.2) is 30.4 Å². The lowest BCUT2D eigenvalue weighted by Crippen LogP contribution is -2.40. The highest BCUT2D eigenvalue weighted by atomic mass is 16.5. The lowest BCUT2D eigenvalue weighted by molar-refractivity contribution is -0.0275. The lowest BCUT2D eigenvalue weighted by atomic mass is 9.57. The largest absolute Gasteiger partial charge is 0.357 e. The van der Waals surface area contributed by atoms with Crippen molar-refractivity contribution in [2.24, 2.45) is 17.3 Å². The van der Waals surface area contributed by atoms with E-state index in [4.69, 9.17) is 4.74 Å². The molecule has 3 nitrogen and oxygen atoms in total. The van der Waals surface area contributed by atoms with E-state index in [1.807, 2.05) is 17.1 Å². The molecule has 20 heavy (non-hydrogen) atoms. The predicted octanol–water partition coefficient (Wildman–Crippen LogP) is 4.02. The van der Waals surface area contributed by atoms with Crippen LogP contribution in [0.3, 0.4) is 0 Å². The Kier molecular flexibility index (Phi) is 3.72. The Bertz CT molecular complexity index is 479. The van der Waals surface area contributed by atoms with Crippen LogP contribution in [0.5, 0.6) is 0 Å². The number of aromatic nitrogens is 2. The van der Waals surface area contributed by atoms with Crippen molar-refractivity contribution in [1.82, 2.24) is 9.55 Å². The van der Waals surface area contributed by atoms with Crippen LogP contribution in [-0.4, -0.2) is 15.7 Å². The average molecular weight is 274 g/mol. The molecule has 2 aliphatic rings. The Morgan fingerprint density at radius 2 is 2.30 bits per heavy atom. The minimum atomic E-state index is 0.373. The number of nitrogens with zero attached hydrogens (tertiary/aromatic N) is 2. The van der Waals surface area contributed by atoms with Crippen LogP contribution in [0.25, 0.3) is 0 Å². The highest BCUT2D eigenvalue weighted by Crippen LogP contribution is 2.52. The Balaban J connectivity index is 1.63. The van der Waals surface area contributed by atoms with Crippen LogP contribution in [0.2, 0.25) is 0 Å². The third-order valence-electron chi connectivity index (χ3n) is 5.78. The van der Waals surface area contributed by atoms with Gasteiger partial charge in [-0.15, -0.1) is 0 Å². The molecule has 0 amide bonds. The maximum Gasteiger partial charge on any atom is 0.124 e. The Hall–Kier alpha value is -1.09. The molecule has 3 heteroatoms. The summed E-state index contributed by atoms with van der Waals surface area (Å²) in [6.45, 7) is 7.92. The van der Waals surface area contributed by atoms with Crippen molar-refractivity contribution in [2.45, 2.75) is 59.3 Å². The van der Waals surface area contributed by atoms with E-state index in [1.165, 1.54) is 19.3 Å². The zero-order chi connectivity index (χ0) is 14.2. The number of ether oxygens (including phenoxy) is 1. The molecule has 0 bridgehead atoms. The summed E-state index contributed by atoms with van der Waals surface area (Å²) in [5.74, 6) is 1.60. The molecular weight excluding hydrogens is 248 g/mol. The van der Waals surface area contributed by atoms with Gasteiger partial charge in [0.2, 0.25) is 0 Å². The first-order valence-corrected chi connectivity index (χ1v) is 7.86. The van der Waals surface area contributed by atoms with Gasteiger partial charge in [0.25, 0.3) is 0 Å². The van der Waals surface area contributed by atoms with E-state index < -0.39 is 0 Å². The number of allylic oxidation sites excluding steroid dienone is 1. The Labute approximate surface area is 122 Å². The van der Waals surface area contributed by atoms with Gasteiger partial charge in [-0.05, 0) is 42.9 Å². The van der Waals surface area contributed by atoms with Gasteiger partial charge in [0.1, 0.15) is 6.73 Å². The highest BCUT2D eigenvalue weighted by molar-refractivity contribution is 5.22. The molecular formula is C17H26N2O. The zero-order valence-corrected chi connectivity index (χ0v) is 12.9. The van der Waals surface area contributed by atoms with Gasteiger partial charge in [0, 0.05) is 12.4 Å². The number of fused-ring (bicyclic) bond motifs is 1. The lowest BCUT2D eigenvalue weighted by Gasteiger charge is -2.49. The maximum atomic E-state index is 6.07. The minimum Gasteiger partial charge on any atom is -0.357 e. The van der Waals surface area contributed by atoms with Crippen molar-refractivity contribution < 1.29 is 4.74 Å². The van der Waals surface area contributed by atoms with Gasteiger partial charge in [-0.25, -0.2) is 4.98 Å². The summed E-state index contributed by atoms with van der Waals surface area (Å²) in [5, 5.41) is 0. The summed E-state index contributed by atoms with van der Waals surface area (Å²) in [6.07, 6.45) is 13.2. The topological polar surface area (TPSA) is 27.1 Å².